The highest BCUT2D eigenvalue weighted by atomic mass is 35.5. The van der Waals surface area contributed by atoms with E-state index in [2.05, 4.69) is 10.6 Å². The standard InChI is InChI=1S/C19H21ClN2O4S2/c1-4-16(12-5-8-14(9-6-12)28(3,24)25)21-19(27)22-17-11-13(18(23)26-2)7-10-15(17)20/h5-11,16H,4H2,1-3H3,(H2,21,22,27)/t16-/m0/s1. The molecule has 0 fully saturated rings. The normalized spacial score (nSPS) is 12.1. The molecule has 9 heteroatoms. The van der Waals surface area contributed by atoms with Crippen LogP contribution >= 0.6 is 23.8 Å². The van der Waals surface area contributed by atoms with E-state index in [0.717, 1.165) is 12.0 Å². The second-order valence-corrected chi connectivity index (χ2v) is 8.92. The van der Waals surface area contributed by atoms with Crippen molar-refractivity contribution in [2.45, 2.75) is 24.3 Å². The number of halogens is 1. The van der Waals surface area contributed by atoms with Crippen LogP contribution in [-0.2, 0) is 14.6 Å². The van der Waals surface area contributed by atoms with Gasteiger partial charge in [0.25, 0.3) is 0 Å². The number of hydrogen-bond acceptors (Lipinski definition) is 5. The molecule has 0 unspecified atom stereocenters. The van der Waals surface area contributed by atoms with Crippen LogP contribution in [0.2, 0.25) is 5.02 Å². The largest absolute Gasteiger partial charge is 0.465 e. The van der Waals surface area contributed by atoms with Crippen LogP contribution in [0.3, 0.4) is 0 Å². The maximum Gasteiger partial charge on any atom is 0.337 e. The van der Waals surface area contributed by atoms with Gasteiger partial charge in [0.05, 0.1) is 34.3 Å². The lowest BCUT2D eigenvalue weighted by molar-refractivity contribution is 0.0601. The number of nitrogens with one attached hydrogen (secondary N) is 2. The van der Waals surface area contributed by atoms with Crippen molar-refractivity contribution in [3.63, 3.8) is 0 Å². The van der Waals surface area contributed by atoms with Crippen molar-refractivity contribution in [2.75, 3.05) is 18.7 Å². The van der Waals surface area contributed by atoms with Gasteiger partial charge in [-0.2, -0.15) is 0 Å². The van der Waals surface area contributed by atoms with Gasteiger partial charge >= 0.3 is 5.97 Å². The minimum atomic E-state index is -3.24. The number of carbonyl (C=O) groups excluding carboxylic acids is 1. The number of hydrogen-bond donors (Lipinski definition) is 2. The van der Waals surface area contributed by atoms with Crippen LogP contribution < -0.4 is 10.6 Å². The topological polar surface area (TPSA) is 84.5 Å². The quantitative estimate of drug-likeness (QED) is 0.519. The SMILES string of the molecule is CC[C@H](NC(=S)Nc1cc(C(=O)OC)ccc1Cl)c1ccc(S(C)(=O)=O)cc1. The summed E-state index contributed by atoms with van der Waals surface area (Å²) in [6.45, 7) is 1.98. The van der Waals surface area contributed by atoms with Gasteiger partial charge in [-0.1, -0.05) is 30.7 Å². The van der Waals surface area contributed by atoms with E-state index in [0.29, 0.717) is 21.4 Å². The predicted molar refractivity (Wildman–Crippen MR) is 115 cm³/mol. The summed E-state index contributed by atoms with van der Waals surface area (Å²) < 4.78 is 27.9. The lowest BCUT2D eigenvalue weighted by atomic mass is 10.1. The molecular weight excluding hydrogens is 420 g/mol. The minimum absolute atomic E-state index is 0.129. The number of rotatable bonds is 6. The third kappa shape index (κ3) is 5.67. The molecular formula is C19H21ClN2O4S2. The molecule has 1 atom stereocenters. The van der Waals surface area contributed by atoms with Crippen molar-refractivity contribution in [2.24, 2.45) is 0 Å². The monoisotopic (exact) mass is 440 g/mol. The first kappa shape index (κ1) is 22.1. The number of ether oxygens (including phenoxy) is 1. The summed E-state index contributed by atoms with van der Waals surface area (Å²) in [4.78, 5) is 11.9. The molecule has 2 N–H and O–H groups in total. The Bertz CT molecular complexity index is 976. The summed E-state index contributed by atoms with van der Waals surface area (Å²) in [6.07, 6.45) is 1.89. The maximum atomic E-state index is 11.7. The zero-order valence-electron chi connectivity index (χ0n) is 15.7. The molecule has 0 aliphatic heterocycles. The van der Waals surface area contributed by atoms with Crippen LogP contribution in [0.15, 0.2) is 47.4 Å². The summed E-state index contributed by atoms with van der Waals surface area (Å²) in [5, 5.41) is 6.89. The Morgan fingerprint density at radius 3 is 2.39 bits per heavy atom. The molecule has 0 aromatic heterocycles. The molecule has 2 aromatic rings. The van der Waals surface area contributed by atoms with Crippen molar-refractivity contribution in [3.8, 4) is 0 Å². The number of thiocarbonyl (C=S) groups is 1. The van der Waals surface area contributed by atoms with Gasteiger partial charge in [-0.3, -0.25) is 0 Å². The summed E-state index contributed by atoms with van der Waals surface area (Å²) >= 11 is 11.5. The highest BCUT2D eigenvalue weighted by Gasteiger charge is 2.15. The Kier molecular flexibility index (Phi) is 7.40. The lowest BCUT2D eigenvalue weighted by Crippen LogP contribution is -2.32. The molecule has 0 saturated heterocycles. The van der Waals surface area contributed by atoms with Gasteiger partial charge in [0.15, 0.2) is 14.9 Å². The van der Waals surface area contributed by atoms with Crippen molar-refractivity contribution in [1.82, 2.24) is 5.32 Å². The number of carbonyl (C=O) groups is 1. The maximum absolute atomic E-state index is 11.7. The molecule has 0 saturated carbocycles. The first-order chi connectivity index (χ1) is 13.2. The minimum Gasteiger partial charge on any atom is -0.465 e. The lowest BCUT2D eigenvalue weighted by Gasteiger charge is -2.21. The third-order valence-electron chi connectivity index (χ3n) is 4.06. The molecule has 0 bridgehead atoms. The van der Waals surface area contributed by atoms with Crippen molar-refractivity contribution in [3.05, 3.63) is 58.6 Å². The van der Waals surface area contributed by atoms with Gasteiger partial charge in [-0.05, 0) is 54.5 Å². The summed E-state index contributed by atoms with van der Waals surface area (Å²) in [6, 6.07) is 11.2. The molecule has 0 aliphatic carbocycles. The third-order valence-corrected chi connectivity index (χ3v) is 5.74. The van der Waals surface area contributed by atoms with E-state index in [1.54, 1.807) is 42.5 Å². The van der Waals surface area contributed by atoms with Crippen LogP contribution in [0.4, 0.5) is 5.69 Å². The summed E-state index contributed by atoms with van der Waals surface area (Å²) in [7, 11) is -1.94. The second kappa shape index (κ2) is 9.36. The number of methoxy groups -OCH3 is 1. The molecule has 0 heterocycles. The van der Waals surface area contributed by atoms with Crippen LogP contribution in [0, 0.1) is 0 Å². The van der Waals surface area contributed by atoms with Gasteiger partial charge in [-0.25, -0.2) is 13.2 Å². The first-order valence-corrected chi connectivity index (χ1v) is 11.1. The van der Waals surface area contributed by atoms with Crippen molar-refractivity contribution >= 4 is 50.4 Å². The second-order valence-electron chi connectivity index (χ2n) is 6.09. The summed E-state index contributed by atoms with van der Waals surface area (Å²) in [5.74, 6) is -0.476. The molecule has 0 radical (unpaired) electrons. The zero-order chi connectivity index (χ0) is 20.9. The summed E-state index contributed by atoms with van der Waals surface area (Å²) in [5.41, 5.74) is 1.72. The van der Waals surface area contributed by atoms with E-state index < -0.39 is 15.8 Å². The Balaban J connectivity index is 2.13. The average molecular weight is 441 g/mol. The van der Waals surface area contributed by atoms with Gasteiger partial charge < -0.3 is 15.4 Å². The van der Waals surface area contributed by atoms with E-state index in [1.807, 2.05) is 6.92 Å². The van der Waals surface area contributed by atoms with E-state index >= 15 is 0 Å². The van der Waals surface area contributed by atoms with E-state index in [4.69, 9.17) is 28.6 Å². The number of sulfone groups is 1. The van der Waals surface area contributed by atoms with Crippen molar-refractivity contribution < 1.29 is 17.9 Å². The van der Waals surface area contributed by atoms with E-state index in [1.165, 1.54) is 13.4 Å². The van der Waals surface area contributed by atoms with Gasteiger partial charge in [0.2, 0.25) is 0 Å². The van der Waals surface area contributed by atoms with Crippen molar-refractivity contribution in [1.29, 1.82) is 0 Å². The number of esters is 1. The fraction of sp³-hybridized carbons (Fsp3) is 0.263. The predicted octanol–water partition coefficient (Wildman–Crippen LogP) is 3.97. The van der Waals surface area contributed by atoms with Crippen LogP contribution in [0.5, 0.6) is 0 Å². The molecule has 28 heavy (non-hydrogen) atoms. The van der Waals surface area contributed by atoms with Crippen LogP contribution in [0.25, 0.3) is 0 Å². The molecule has 2 rings (SSSR count). The fourth-order valence-electron chi connectivity index (χ4n) is 2.55. The highest BCUT2D eigenvalue weighted by Crippen LogP contribution is 2.24. The molecule has 0 spiro atoms. The van der Waals surface area contributed by atoms with Gasteiger partial charge in [0.1, 0.15) is 0 Å². The van der Waals surface area contributed by atoms with Crippen LogP contribution in [-0.4, -0.2) is 32.9 Å². The molecule has 0 aliphatic rings. The smallest absolute Gasteiger partial charge is 0.337 e. The van der Waals surface area contributed by atoms with Crippen LogP contribution in [0.1, 0.15) is 35.3 Å². The highest BCUT2D eigenvalue weighted by molar-refractivity contribution is 7.90. The van der Waals surface area contributed by atoms with Gasteiger partial charge in [0, 0.05) is 6.26 Å². The molecule has 0 amide bonds. The number of benzene rings is 2. The molecule has 2 aromatic carbocycles. The number of anilines is 1. The zero-order valence-corrected chi connectivity index (χ0v) is 18.0. The Labute approximate surface area is 175 Å². The Morgan fingerprint density at radius 1 is 1.21 bits per heavy atom. The molecule has 6 nitrogen and oxygen atoms in total. The van der Waals surface area contributed by atoms with E-state index in [9.17, 15) is 13.2 Å². The Hall–Kier alpha value is -2.16. The Morgan fingerprint density at radius 2 is 1.86 bits per heavy atom. The average Bonchev–Trinajstić information content (AvgIpc) is 2.66. The van der Waals surface area contributed by atoms with Gasteiger partial charge in [-0.15, -0.1) is 0 Å². The molecule has 150 valence electrons. The fourth-order valence-corrected chi connectivity index (χ4v) is 3.60. The first-order valence-electron chi connectivity index (χ1n) is 8.41. The van der Waals surface area contributed by atoms with E-state index in [-0.39, 0.29) is 10.9 Å².